The fourth-order valence-corrected chi connectivity index (χ4v) is 1.98. The maximum Gasteiger partial charge on any atom is 0.129 e. The molecular formula is C16H12ClFN2O. The van der Waals surface area contributed by atoms with E-state index in [0.717, 1.165) is 5.56 Å². The van der Waals surface area contributed by atoms with Gasteiger partial charge in [0.25, 0.3) is 0 Å². The molecule has 1 aromatic carbocycles. The standard InChI is InChI=1S/C16H12ClFN2O/c1-10-3-6-14(18)7-12(10)4-5-13-9-19-16(17)8-15(13)11(2)20-21/h3,6-9,11H,1-2H3. The van der Waals surface area contributed by atoms with Gasteiger partial charge in [0.15, 0.2) is 0 Å². The molecule has 0 N–H and O–H groups in total. The van der Waals surface area contributed by atoms with E-state index in [1.807, 2.05) is 6.92 Å². The predicted octanol–water partition coefficient (Wildman–Crippen LogP) is 4.41. The van der Waals surface area contributed by atoms with Crippen molar-refractivity contribution < 1.29 is 4.39 Å². The zero-order valence-corrected chi connectivity index (χ0v) is 12.3. The molecule has 3 nitrogen and oxygen atoms in total. The van der Waals surface area contributed by atoms with E-state index < -0.39 is 6.04 Å². The summed E-state index contributed by atoms with van der Waals surface area (Å²) in [4.78, 5) is 14.7. The van der Waals surface area contributed by atoms with Crippen molar-refractivity contribution in [3.8, 4) is 11.8 Å². The first-order chi connectivity index (χ1) is 10.0. The summed E-state index contributed by atoms with van der Waals surface area (Å²) in [5.74, 6) is 5.45. The smallest absolute Gasteiger partial charge is 0.129 e. The molecule has 21 heavy (non-hydrogen) atoms. The summed E-state index contributed by atoms with van der Waals surface area (Å²) in [6, 6.07) is 5.40. The third-order valence-corrected chi connectivity index (χ3v) is 3.25. The molecule has 1 atom stereocenters. The zero-order chi connectivity index (χ0) is 15.4. The maximum absolute atomic E-state index is 13.2. The molecule has 0 spiro atoms. The fourth-order valence-electron chi connectivity index (χ4n) is 1.81. The summed E-state index contributed by atoms with van der Waals surface area (Å²) in [6.07, 6.45) is 1.49. The summed E-state index contributed by atoms with van der Waals surface area (Å²) < 4.78 is 13.2. The molecule has 1 aromatic heterocycles. The number of aryl methyl sites for hydroxylation is 1. The Bertz CT molecular complexity index is 750. The Kier molecular flexibility index (Phi) is 4.66. The zero-order valence-electron chi connectivity index (χ0n) is 11.5. The highest BCUT2D eigenvalue weighted by Crippen LogP contribution is 2.22. The minimum atomic E-state index is -0.580. The fraction of sp³-hybridized carbons (Fsp3) is 0.188. The van der Waals surface area contributed by atoms with Gasteiger partial charge in [-0.15, -0.1) is 0 Å². The van der Waals surface area contributed by atoms with Crippen LogP contribution in [-0.2, 0) is 0 Å². The summed E-state index contributed by atoms with van der Waals surface area (Å²) in [7, 11) is 0. The first kappa shape index (κ1) is 15.1. The molecule has 0 radical (unpaired) electrons. The van der Waals surface area contributed by atoms with Crippen molar-refractivity contribution in [2.24, 2.45) is 5.18 Å². The van der Waals surface area contributed by atoms with Crippen molar-refractivity contribution in [1.29, 1.82) is 0 Å². The van der Waals surface area contributed by atoms with Crippen LogP contribution in [0.15, 0.2) is 35.6 Å². The van der Waals surface area contributed by atoms with Crippen LogP contribution in [-0.4, -0.2) is 4.98 Å². The number of nitroso groups, excluding NO2 is 1. The predicted molar refractivity (Wildman–Crippen MR) is 80.6 cm³/mol. The Morgan fingerprint density at radius 3 is 2.71 bits per heavy atom. The number of rotatable bonds is 2. The highest BCUT2D eigenvalue weighted by atomic mass is 35.5. The van der Waals surface area contributed by atoms with Crippen LogP contribution in [0.3, 0.4) is 0 Å². The molecule has 0 fully saturated rings. The minimum absolute atomic E-state index is 0.271. The number of benzene rings is 1. The molecule has 5 heteroatoms. The lowest BCUT2D eigenvalue weighted by Gasteiger charge is -2.06. The lowest BCUT2D eigenvalue weighted by molar-refractivity contribution is 0.627. The van der Waals surface area contributed by atoms with E-state index in [9.17, 15) is 9.30 Å². The highest BCUT2D eigenvalue weighted by molar-refractivity contribution is 6.29. The van der Waals surface area contributed by atoms with Gasteiger partial charge in [-0.1, -0.05) is 34.7 Å². The first-order valence-electron chi connectivity index (χ1n) is 6.27. The molecule has 0 aliphatic carbocycles. The van der Waals surface area contributed by atoms with Gasteiger partial charge >= 0.3 is 0 Å². The number of halogens is 2. The monoisotopic (exact) mass is 302 g/mol. The highest BCUT2D eigenvalue weighted by Gasteiger charge is 2.11. The third-order valence-electron chi connectivity index (χ3n) is 3.04. The van der Waals surface area contributed by atoms with Gasteiger partial charge in [-0.2, -0.15) is 4.91 Å². The Balaban J connectivity index is 2.47. The second-order valence-corrected chi connectivity index (χ2v) is 4.97. The van der Waals surface area contributed by atoms with E-state index in [4.69, 9.17) is 11.6 Å². The van der Waals surface area contributed by atoms with Crippen LogP contribution in [0, 0.1) is 29.5 Å². The molecular weight excluding hydrogens is 291 g/mol. The largest absolute Gasteiger partial charge is 0.243 e. The molecule has 0 aliphatic rings. The van der Waals surface area contributed by atoms with E-state index in [0.29, 0.717) is 16.7 Å². The van der Waals surface area contributed by atoms with Crippen LogP contribution >= 0.6 is 11.6 Å². The van der Waals surface area contributed by atoms with E-state index in [-0.39, 0.29) is 11.0 Å². The van der Waals surface area contributed by atoms with Gasteiger partial charge < -0.3 is 0 Å². The average molecular weight is 303 g/mol. The van der Waals surface area contributed by atoms with E-state index in [1.54, 1.807) is 19.1 Å². The number of nitrogens with zero attached hydrogens (tertiary/aromatic N) is 2. The van der Waals surface area contributed by atoms with Crippen LogP contribution in [0.5, 0.6) is 0 Å². The lowest BCUT2D eigenvalue weighted by Crippen LogP contribution is -1.95. The molecule has 0 bridgehead atoms. The van der Waals surface area contributed by atoms with Crippen LogP contribution in [0.4, 0.5) is 4.39 Å². The van der Waals surface area contributed by atoms with Crippen molar-refractivity contribution >= 4 is 11.6 Å². The number of aromatic nitrogens is 1. The first-order valence-corrected chi connectivity index (χ1v) is 6.65. The van der Waals surface area contributed by atoms with Crippen LogP contribution in [0.2, 0.25) is 5.15 Å². The SMILES string of the molecule is Cc1ccc(F)cc1C#Cc1cnc(Cl)cc1C(C)N=O. The average Bonchev–Trinajstić information content (AvgIpc) is 2.48. The van der Waals surface area contributed by atoms with Gasteiger partial charge in [-0.3, -0.25) is 0 Å². The van der Waals surface area contributed by atoms with Crippen molar-refractivity contribution in [2.75, 3.05) is 0 Å². The molecule has 1 unspecified atom stereocenters. The Hall–Kier alpha value is -2.25. The molecule has 0 amide bonds. The van der Waals surface area contributed by atoms with Gasteiger partial charge in [0.2, 0.25) is 0 Å². The second-order valence-electron chi connectivity index (χ2n) is 4.58. The van der Waals surface area contributed by atoms with Gasteiger partial charge in [0.1, 0.15) is 17.0 Å². The van der Waals surface area contributed by atoms with Crippen LogP contribution in [0.1, 0.15) is 35.2 Å². The molecule has 1 heterocycles. The number of pyridine rings is 1. The van der Waals surface area contributed by atoms with Crippen LogP contribution in [0.25, 0.3) is 0 Å². The third kappa shape index (κ3) is 3.65. The summed E-state index contributed by atoms with van der Waals surface area (Å²) in [5.41, 5.74) is 2.61. The summed E-state index contributed by atoms with van der Waals surface area (Å²) in [5, 5.41) is 3.25. The lowest BCUT2D eigenvalue weighted by atomic mass is 10.0. The quantitative estimate of drug-likeness (QED) is 0.468. The van der Waals surface area contributed by atoms with Crippen molar-refractivity contribution in [3.63, 3.8) is 0 Å². The van der Waals surface area contributed by atoms with Crippen molar-refractivity contribution in [2.45, 2.75) is 19.9 Å². The van der Waals surface area contributed by atoms with Gasteiger partial charge in [-0.25, -0.2) is 9.37 Å². The molecule has 0 aliphatic heterocycles. The normalized spacial score (nSPS) is 11.4. The van der Waals surface area contributed by atoms with Crippen molar-refractivity contribution in [1.82, 2.24) is 4.98 Å². The van der Waals surface area contributed by atoms with Crippen LogP contribution < -0.4 is 0 Å². The summed E-state index contributed by atoms with van der Waals surface area (Å²) >= 11 is 5.83. The van der Waals surface area contributed by atoms with Crippen molar-refractivity contribution in [3.05, 3.63) is 68.6 Å². The second kappa shape index (κ2) is 6.47. The van der Waals surface area contributed by atoms with E-state index in [1.165, 1.54) is 18.3 Å². The van der Waals surface area contributed by atoms with E-state index >= 15 is 0 Å². The molecule has 0 saturated heterocycles. The maximum atomic E-state index is 13.2. The molecule has 2 rings (SSSR count). The molecule has 106 valence electrons. The Morgan fingerprint density at radius 1 is 1.29 bits per heavy atom. The Labute approximate surface area is 127 Å². The number of hydrogen-bond donors (Lipinski definition) is 0. The van der Waals surface area contributed by atoms with Gasteiger partial charge in [-0.05, 0) is 37.6 Å². The van der Waals surface area contributed by atoms with Gasteiger partial charge in [0, 0.05) is 22.9 Å². The topological polar surface area (TPSA) is 42.3 Å². The van der Waals surface area contributed by atoms with E-state index in [2.05, 4.69) is 22.0 Å². The van der Waals surface area contributed by atoms with Gasteiger partial charge in [0.05, 0.1) is 0 Å². The summed E-state index contributed by atoms with van der Waals surface area (Å²) in [6.45, 7) is 3.50. The number of hydrogen-bond acceptors (Lipinski definition) is 3. The molecule has 0 saturated carbocycles. The molecule has 2 aromatic rings. The minimum Gasteiger partial charge on any atom is -0.243 e. The Morgan fingerprint density at radius 2 is 2.00 bits per heavy atom.